The zero-order valence-corrected chi connectivity index (χ0v) is 13.5. The summed E-state index contributed by atoms with van der Waals surface area (Å²) in [4.78, 5) is 15.9. The Kier molecular flexibility index (Phi) is 4.58. The van der Waals surface area contributed by atoms with Crippen molar-refractivity contribution in [3.05, 3.63) is 70.6 Å². The molecule has 1 aromatic carbocycles. The molecule has 3 rings (SSSR count). The average Bonchev–Trinajstić information content (AvgIpc) is 3.06. The van der Waals surface area contributed by atoms with Gasteiger partial charge in [0.15, 0.2) is 0 Å². The van der Waals surface area contributed by atoms with Gasteiger partial charge in [-0.2, -0.15) is 10.2 Å². The number of pyridine rings is 1. The fourth-order valence-electron chi connectivity index (χ4n) is 1.88. The maximum atomic E-state index is 12.0. The van der Waals surface area contributed by atoms with Gasteiger partial charge in [0, 0.05) is 22.4 Å². The molecule has 0 unspecified atom stereocenters. The van der Waals surface area contributed by atoms with Crippen molar-refractivity contribution >= 4 is 28.1 Å². The first-order valence-corrected chi connectivity index (χ1v) is 7.56. The standard InChI is InChI=1S/C16H12BrN5O/c17-13-3-1-12(2-4-13)14-9-15(21-20-14)16(23)22-19-10-11-5-7-18-8-6-11/h1-10H,(H,20,21)(H,22,23)/b19-10-. The van der Waals surface area contributed by atoms with Gasteiger partial charge in [0.2, 0.25) is 0 Å². The number of rotatable bonds is 4. The zero-order valence-electron chi connectivity index (χ0n) is 11.9. The van der Waals surface area contributed by atoms with Crippen LogP contribution < -0.4 is 5.43 Å². The van der Waals surface area contributed by atoms with E-state index in [1.807, 2.05) is 24.3 Å². The van der Waals surface area contributed by atoms with Crippen molar-refractivity contribution in [2.45, 2.75) is 0 Å². The largest absolute Gasteiger partial charge is 0.289 e. The molecule has 114 valence electrons. The van der Waals surface area contributed by atoms with Gasteiger partial charge >= 0.3 is 0 Å². The van der Waals surface area contributed by atoms with Gasteiger partial charge < -0.3 is 0 Å². The van der Waals surface area contributed by atoms with Crippen molar-refractivity contribution in [2.75, 3.05) is 0 Å². The van der Waals surface area contributed by atoms with E-state index in [2.05, 4.69) is 41.6 Å². The first kappa shape index (κ1) is 15.1. The summed E-state index contributed by atoms with van der Waals surface area (Å²) in [6.07, 6.45) is 4.86. The Bertz CT molecular complexity index is 827. The minimum Gasteiger partial charge on any atom is -0.272 e. The molecule has 0 aliphatic rings. The number of aromatic nitrogens is 3. The molecule has 2 N–H and O–H groups in total. The molecule has 6 nitrogen and oxygen atoms in total. The second kappa shape index (κ2) is 6.97. The number of hydrogen-bond donors (Lipinski definition) is 2. The van der Waals surface area contributed by atoms with Gasteiger partial charge in [-0.1, -0.05) is 28.1 Å². The lowest BCUT2D eigenvalue weighted by molar-refractivity contribution is 0.0950. The van der Waals surface area contributed by atoms with E-state index in [0.717, 1.165) is 15.6 Å². The van der Waals surface area contributed by atoms with Crippen LogP contribution in [0.4, 0.5) is 0 Å². The Morgan fingerprint density at radius 2 is 1.91 bits per heavy atom. The van der Waals surface area contributed by atoms with Crippen molar-refractivity contribution in [3.63, 3.8) is 0 Å². The maximum absolute atomic E-state index is 12.0. The highest BCUT2D eigenvalue weighted by Crippen LogP contribution is 2.20. The Balaban J connectivity index is 1.67. The van der Waals surface area contributed by atoms with Crippen molar-refractivity contribution in [2.24, 2.45) is 5.10 Å². The van der Waals surface area contributed by atoms with Gasteiger partial charge in [-0.3, -0.25) is 14.9 Å². The topological polar surface area (TPSA) is 83.0 Å². The Morgan fingerprint density at radius 3 is 2.65 bits per heavy atom. The second-order valence-electron chi connectivity index (χ2n) is 4.65. The fraction of sp³-hybridized carbons (Fsp3) is 0. The normalized spacial score (nSPS) is 10.8. The molecule has 0 aliphatic carbocycles. The zero-order chi connectivity index (χ0) is 16.1. The van der Waals surface area contributed by atoms with Crippen LogP contribution in [0.15, 0.2) is 64.4 Å². The van der Waals surface area contributed by atoms with E-state index in [1.165, 1.54) is 0 Å². The maximum Gasteiger partial charge on any atom is 0.289 e. The summed E-state index contributed by atoms with van der Waals surface area (Å²) in [5, 5.41) is 10.8. The molecule has 7 heteroatoms. The first-order valence-electron chi connectivity index (χ1n) is 6.77. The van der Waals surface area contributed by atoms with Crippen molar-refractivity contribution in [1.82, 2.24) is 20.6 Å². The molecule has 0 atom stereocenters. The highest BCUT2D eigenvalue weighted by molar-refractivity contribution is 9.10. The summed E-state index contributed by atoms with van der Waals surface area (Å²) in [6, 6.07) is 12.9. The number of halogens is 1. The summed E-state index contributed by atoms with van der Waals surface area (Å²) in [5.41, 5.74) is 5.26. The van der Waals surface area contributed by atoms with E-state index in [1.54, 1.807) is 36.8 Å². The number of benzene rings is 1. The van der Waals surface area contributed by atoms with Crippen LogP contribution in [-0.2, 0) is 0 Å². The van der Waals surface area contributed by atoms with Crippen molar-refractivity contribution in [3.8, 4) is 11.3 Å². The number of aromatic amines is 1. The predicted octanol–water partition coefficient (Wildman–Crippen LogP) is 3.00. The molecule has 2 aromatic heterocycles. The van der Waals surface area contributed by atoms with E-state index >= 15 is 0 Å². The number of amides is 1. The Morgan fingerprint density at radius 1 is 1.17 bits per heavy atom. The van der Waals surface area contributed by atoms with Gasteiger partial charge in [0.05, 0.1) is 11.9 Å². The summed E-state index contributed by atoms with van der Waals surface area (Å²) in [5.74, 6) is -0.355. The summed E-state index contributed by atoms with van der Waals surface area (Å²) in [6.45, 7) is 0. The summed E-state index contributed by atoms with van der Waals surface area (Å²) >= 11 is 3.38. The van der Waals surface area contributed by atoms with E-state index in [9.17, 15) is 4.79 Å². The Hall–Kier alpha value is -2.80. The lowest BCUT2D eigenvalue weighted by atomic mass is 10.1. The van der Waals surface area contributed by atoms with E-state index in [-0.39, 0.29) is 5.91 Å². The van der Waals surface area contributed by atoms with Crippen LogP contribution in [-0.4, -0.2) is 27.3 Å². The third-order valence-electron chi connectivity index (χ3n) is 3.05. The van der Waals surface area contributed by atoms with Crippen LogP contribution >= 0.6 is 15.9 Å². The van der Waals surface area contributed by atoms with Crippen LogP contribution in [0.2, 0.25) is 0 Å². The van der Waals surface area contributed by atoms with Crippen molar-refractivity contribution < 1.29 is 4.79 Å². The minimum absolute atomic E-state index is 0.342. The van der Waals surface area contributed by atoms with Gasteiger partial charge in [-0.05, 0) is 35.9 Å². The molecule has 0 bridgehead atoms. The van der Waals surface area contributed by atoms with E-state index in [0.29, 0.717) is 11.4 Å². The molecule has 0 aliphatic heterocycles. The lowest BCUT2D eigenvalue weighted by Crippen LogP contribution is -2.17. The molecule has 0 spiro atoms. The third-order valence-corrected chi connectivity index (χ3v) is 3.58. The monoisotopic (exact) mass is 369 g/mol. The van der Waals surface area contributed by atoms with Crippen LogP contribution in [0.25, 0.3) is 11.3 Å². The summed E-state index contributed by atoms with van der Waals surface area (Å²) in [7, 11) is 0. The molecule has 0 fully saturated rings. The number of hydrazone groups is 1. The van der Waals surface area contributed by atoms with Crippen LogP contribution in [0, 0.1) is 0 Å². The smallest absolute Gasteiger partial charge is 0.272 e. The minimum atomic E-state index is -0.355. The number of nitrogens with zero attached hydrogens (tertiary/aromatic N) is 3. The molecule has 23 heavy (non-hydrogen) atoms. The second-order valence-corrected chi connectivity index (χ2v) is 5.57. The van der Waals surface area contributed by atoms with Gasteiger partial charge in [-0.15, -0.1) is 0 Å². The number of carbonyl (C=O) groups excluding carboxylic acids is 1. The Labute approximate surface area is 140 Å². The molecule has 0 saturated heterocycles. The molecule has 2 heterocycles. The number of H-pyrrole nitrogens is 1. The molecule has 1 amide bonds. The molecular weight excluding hydrogens is 358 g/mol. The summed E-state index contributed by atoms with van der Waals surface area (Å²) < 4.78 is 0.986. The number of hydrogen-bond acceptors (Lipinski definition) is 4. The van der Waals surface area contributed by atoms with E-state index < -0.39 is 0 Å². The van der Waals surface area contributed by atoms with Gasteiger partial charge in [0.25, 0.3) is 5.91 Å². The molecule has 0 saturated carbocycles. The van der Waals surface area contributed by atoms with Crippen LogP contribution in [0.5, 0.6) is 0 Å². The molecular formula is C16H12BrN5O. The highest BCUT2D eigenvalue weighted by atomic mass is 79.9. The van der Waals surface area contributed by atoms with Crippen LogP contribution in [0.3, 0.4) is 0 Å². The molecule has 0 radical (unpaired) electrons. The molecule has 3 aromatic rings. The fourth-order valence-corrected chi connectivity index (χ4v) is 2.15. The first-order chi connectivity index (χ1) is 11.2. The van der Waals surface area contributed by atoms with E-state index in [4.69, 9.17) is 0 Å². The number of carbonyl (C=O) groups is 1. The highest BCUT2D eigenvalue weighted by Gasteiger charge is 2.10. The van der Waals surface area contributed by atoms with Crippen molar-refractivity contribution in [1.29, 1.82) is 0 Å². The lowest BCUT2D eigenvalue weighted by Gasteiger charge is -1.96. The van der Waals surface area contributed by atoms with Crippen LogP contribution in [0.1, 0.15) is 16.1 Å². The SMILES string of the molecule is O=C(N/N=C\c1ccncc1)c1cc(-c2ccc(Br)cc2)n[nH]1. The quantitative estimate of drug-likeness (QED) is 0.547. The predicted molar refractivity (Wildman–Crippen MR) is 91.0 cm³/mol. The van der Waals surface area contributed by atoms with Gasteiger partial charge in [-0.25, -0.2) is 5.43 Å². The number of nitrogens with one attached hydrogen (secondary N) is 2. The third kappa shape index (κ3) is 3.89. The van der Waals surface area contributed by atoms with Gasteiger partial charge in [0.1, 0.15) is 5.69 Å². The average molecular weight is 370 g/mol.